The molecule has 0 aliphatic carbocycles. The van der Waals surface area contributed by atoms with Crippen LogP contribution in [0.25, 0.3) is 21.8 Å². The lowest BCUT2D eigenvalue weighted by molar-refractivity contribution is 0.199. The topological polar surface area (TPSA) is 45.4 Å². The summed E-state index contributed by atoms with van der Waals surface area (Å²) < 4.78 is 2.27. The van der Waals surface area contributed by atoms with Gasteiger partial charge in [0.2, 0.25) is 0 Å². The maximum atomic E-state index is 9.82. The number of hydrogen-bond donors (Lipinski definition) is 2. The van der Waals surface area contributed by atoms with Gasteiger partial charge in [0.15, 0.2) is 0 Å². The van der Waals surface area contributed by atoms with Crippen LogP contribution >= 0.6 is 0 Å². The molecule has 0 unspecified atom stereocenters. The van der Waals surface area contributed by atoms with E-state index in [2.05, 4.69) is 35.8 Å². The van der Waals surface area contributed by atoms with Crippen LogP contribution in [-0.4, -0.2) is 14.8 Å². The molecule has 21 heavy (non-hydrogen) atoms. The van der Waals surface area contributed by atoms with Gasteiger partial charge in [0.1, 0.15) is 0 Å². The average molecular weight is 283 g/mol. The highest BCUT2D eigenvalue weighted by molar-refractivity contribution is 6.08. The summed E-state index contributed by atoms with van der Waals surface area (Å²) in [6.45, 7) is 6.58. The maximum Gasteiger partial charge on any atom is 0.0762 e. The zero-order chi connectivity index (χ0) is 15.1. The van der Waals surface area contributed by atoms with E-state index in [-0.39, 0.29) is 0 Å². The van der Waals surface area contributed by atoms with E-state index < -0.39 is 12.2 Å². The molecule has 3 rings (SSSR count). The standard InChI is InChI=1S/C18H21NO2/c1-4-19-17-7-5-13(11(2)20)9-15(17)16-10-14(12(3)21)6-8-18(16)19/h5-12,20-21H,4H2,1-3H3/t11-,12-/m0/s1. The van der Waals surface area contributed by atoms with Crippen molar-refractivity contribution in [1.29, 1.82) is 0 Å². The first-order valence-electron chi connectivity index (χ1n) is 7.45. The lowest BCUT2D eigenvalue weighted by Gasteiger charge is -2.06. The van der Waals surface area contributed by atoms with Gasteiger partial charge in [-0.05, 0) is 56.2 Å². The minimum atomic E-state index is -0.477. The summed E-state index contributed by atoms with van der Waals surface area (Å²) in [4.78, 5) is 0. The fourth-order valence-corrected chi connectivity index (χ4v) is 3.00. The van der Waals surface area contributed by atoms with Crippen LogP contribution in [0.4, 0.5) is 0 Å². The number of rotatable bonds is 3. The van der Waals surface area contributed by atoms with Crippen molar-refractivity contribution in [3.63, 3.8) is 0 Å². The van der Waals surface area contributed by atoms with E-state index in [1.54, 1.807) is 13.8 Å². The number of aromatic nitrogens is 1. The van der Waals surface area contributed by atoms with Crippen molar-refractivity contribution in [2.24, 2.45) is 0 Å². The van der Waals surface area contributed by atoms with Gasteiger partial charge < -0.3 is 14.8 Å². The van der Waals surface area contributed by atoms with Gasteiger partial charge in [-0.2, -0.15) is 0 Å². The number of nitrogens with zero attached hydrogens (tertiary/aromatic N) is 1. The van der Waals surface area contributed by atoms with E-state index in [1.807, 2.05) is 12.1 Å². The summed E-state index contributed by atoms with van der Waals surface area (Å²) in [5, 5.41) is 21.9. The molecule has 0 amide bonds. The van der Waals surface area contributed by atoms with E-state index in [9.17, 15) is 10.2 Å². The van der Waals surface area contributed by atoms with Crippen LogP contribution < -0.4 is 0 Å². The smallest absolute Gasteiger partial charge is 0.0762 e. The van der Waals surface area contributed by atoms with Crippen molar-refractivity contribution in [1.82, 2.24) is 4.57 Å². The van der Waals surface area contributed by atoms with Crippen molar-refractivity contribution in [2.45, 2.75) is 39.5 Å². The first-order valence-corrected chi connectivity index (χ1v) is 7.45. The van der Waals surface area contributed by atoms with Crippen molar-refractivity contribution in [2.75, 3.05) is 0 Å². The molecule has 0 bridgehead atoms. The molecule has 0 saturated carbocycles. The number of benzene rings is 2. The summed E-state index contributed by atoms with van der Waals surface area (Å²) in [7, 11) is 0. The average Bonchev–Trinajstić information content (AvgIpc) is 2.79. The molecule has 2 N–H and O–H groups in total. The van der Waals surface area contributed by atoms with Gasteiger partial charge in [0, 0.05) is 28.4 Å². The number of aryl methyl sites for hydroxylation is 1. The Morgan fingerprint density at radius 1 is 0.857 bits per heavy atom. The van der Waals surface area contributed by atoms with Crippen molar-refractivity contribution < 1.29 is 10.2 Å². The van der Waals surface area contributed by atoms with Gasteiger partial charge in [0.25, 0.3) is 0 Å². The second kappa shape index (κ2) is 5.17. The molecule has 110 valence electrons. The van der Waals surface area contributed by atoms with Crippen LogP contribution in [0, 0.1) is 0 Å². The molecule has 0 saturated heterocycles. The third kappa shape index (κ3) is 2.23. The van der Waals surface area contributed by atoms with Crippen molar-refractivity contribution in [3.8, 4) is 0 Å². The molecule has 3 nitrogen and oxygen atoms in total. The fraction of sp³-hybridized carbons (Fsp3) is 0.333. The summed E-state index contributed by atoms with van der Waals surface area (Å²) >= 11 is 0. The molecule has 0 radical (unpaired) electrons. The normalized spacial score (nSPS) is 14.7. The third-order valence-corrected chi connectivity index (χ3v) is 4.19. The summed E-state index contributed by atoms with van der Waals surface area (Å²) in [5.74, 6) is 0. The Labute approximate surface area is 124 Å². The molecule has 2 aromatic carbocycles. The largest absolute Gasteiger partial charge is 0.389 e. The first-order chi connectivity index (χ1) is 10.0. The minimum absolute atomic E-state index is 0.477. The highest BCUT2D eigenvalue weighted by Gasteiger charge is 2.13. The Morgan fingerprint density at radius 3 is 1.62 bits per heavy atom. The zero-order valence-electron chi connectivity index (χ0n) is 12.7. The van der Waals surface area contributed by atoms with E-state index in [0.29, 0.717) is 0 Å². The van der Waals surface area contributed by atoms with Gasteiger partial charge in [-0.15, -0.1) is 0 Å². The Kier molecular flexibility index (Phi) is 3.47. The van der Waals surface area contributed by atoms with Crippen LogP contribution in [0.3, 0.4) is 0 Å². The lowest BCUT2D eigenvalue weighted by atomic mass is 10.0. The SMILES string of the molecule is CCn1c2ccc([C@H](C)O)cc2c2cc([C@H](C)O)ccc21. The monoisotopic (exact) mass is 283 g/mol. The second-order valence-corrected chi connectivity index (χ2v) is 5.65. The fourth-order valence-electron chi connectivity index (χ4n) is 3.00. The Bertz CT molecular complexity index is 734. The molecule has 1 heterocycles. The quantitative estimate of drug-likeness (QED) is 0.765. The van der Waals surface area contributed by atoms with Gasteiger partial charge in [0.05, 0.1) is 12.2 Å². The molecule has 1 aromatic heterocycles. The predicted octanol–water partition coefficient (Wildman–Crippen LogP) is 3.92. The van der Waals surface area contributed by atoms with Crippen molar-refractivity contribution in [3.05, 3.63) is 47.5 Å². The number of aliphatic hydroxyl groups is 2. The van der Waals surface area contributed by atoms with Crippen LogP contribution in [0.1, 0.15) is 44.1 Å². The van der Waals surface area contributed by atoms with Crippen molar-refractivity contribution >= 4 is 21.8 Å². The summed E-state index contributed by atoms with van der Waals surface area (Å²) in [6.07, 6.45) is -0.955. The summed E-state index contributed by atoms with van der Waals surface area (Å²) in [6, 6.07) is 12.2. The Balaban J connectivity index is 2.39. The highest BCUT2D eigenvalue weighted by Crippen LogP contribution is 2.32. The number of aliphatic hydroxyl groups excluding tert-OH is 2. The van der Waals surface area contributed by atoms with Gasteiger partial charge >= 0.3 is 0 Å². The maximum absolute atomic E-state index is 9.82. The molecule has 0 fully saturated rings. The van der Waals surface area contributed by atoms with Gasteiger partial charge in [-0.1, -0.05) is 12.1 Å². The minimum Gasteiger partial charge on any atom is -0.389 e. The molecule has 3 aromatic rings. The molecule has 0 aliphatic heterocycles. The molecular formula is C18H21NO2. The predicted molar refractivity (Wildman–Crippen MR) is 86.4 cm³/mol. The second-order valence-electron chi connectivity index (χ2n) is 5.65. The van der Waals surface area contributed by atoms with Crippen LogP contribution in [0.15, 0.2) is 36.4 Å². The van der Waals surface area contributed by atoms with E-state index in [4.69, 9.17) is 0 Å². The molecule has 3 heteroatoms. The van der Waals surface area contributed by atoms with E-state index >= 15 is 0 Å². The summed E-state index contributed by atoms with van der Waals surface area (Å²) in [5.41, 5.74) is 4.17. The van der Waals surface area contributed by atoms with E-state index in [1.165, 1.54) is 11.0 Å². The van der Waals surface area contributed by atoms with Gasteiger partial charge in [-0.25, -0.2) is 0 Å². The van der Waals surface area contributed by atoms with Crippen LogP contribution in [-0.2, 0) is 6.54 Å². The van der Waals surface area contributed by atoms with Crippen LogP contribution in [0.5, 0.6) is 0 Å². The Hall–Kier alpha value is -1.84. The third-order valence-electron chi connectivity index (χ3n) is 4.19. The Morgan fingerprint density at radius 2 is 1.29 bits per heavy atom. The lowest BCUT2D eigenvalue weighted by Crippen LogP contribution is -1.94. The van der Waals surface area contributed by atoms with E-state index in [0.717, 1.165) is 28.4 Å². The molecular weight excluding hydrogens is 262 g/mol. The molecule has 0 spiro atoms. The van der Waals surface area contributed by atoms with Gasteiger partial charge in [-0.3, -0.25) is 0 Å². The number of fused-ring (bicyclic) bond motifs is 3. The highest BCUT2D eigenvalue weighted by atomic mass is 16.3. The molecule has 0 aliphatic rings. The van der Waals surface area contributed by atoms with Crippen LogP contribution in [0.2, 0.25) is 0 Å². The number of hydrogen-bond acceptors (Lipinski definition) is 2. The zero-order valence-corrected chi connectivity index (χ0v) is 12.7. The molecule has 2 atom stereocenters. The first kappa shape index (κ1) is 14.1.